The third-order valence-corrected chi connectivity index (χ3v) is 3.14. The Kier molecular flexibility index (Phi) is 3.40. The number of nitriles is 1. The molecule has 0 saturated heterocycles. The van der Waals surface area contributed by atoms with Crippen molar-refractivity contribution in [1.82, 2.24) is 0 Å². The fourth-order valence-electron chi connectivity index (χ4n) is 2.07. The van der Waals surface area contributed by atoms with Crippen LogP contribution in [-0.4, -0.2) is 12.5 Å². The molecule has 1 N–H and O–H groups in total. The Balaban J connectivity index is 1.81. The number of carbonyl (C=O) groups is 1. The Labute approximate surface area is 122 Å². The molecule has 0 bridgehead atoms. The summed E-state index contributed by atoms with van der Waals surface area (Å²) in [6.45, 7) is 0.0629. The number of anilines is 1. The summed E-state index contributed by atoms with van der Waals surface area (Å²) in [5, 5.41) is 11.5. The summed E-state index contributed by atoms with van der Waals surface area (Å²) in [4.78, 5) is 11.3. The molecule has 0 radical (unpaired) electrons. The van der Waals surface area contributed by atoms with Crippen molar-refractivity contribution in [3.05, 3.63) is 59.2 Å². The van der Waals surface area contributed by atoms with Crippen LogP contribution >= 0.6 is 0 Å². The first-order chi connectivity index (χ1) is 10.2. The molecule has 0 fully saturated rings. The topological polar surface area (TPSA) is 62.1 Å². The van der Waals surface area contributed by atoms with Gasteiger partial charge in [-0.15, -0.1) is 0 Å². The molecule has 0 spiro atoms. The number of benzene rings is 2. The van der Waals surface area contributed by atoms with Crippen LogP contribution in [0.25, 0.3) is 12.2 Å². The first-order valence-corrected chi connectivity index (χ1v) is 6.49. The van der Waals surface area contributed by atoms with E-state index < -0.39 is 0 Å². The van der Waals surface area contributed by atoms with Crippen molar-refractivity contribution in [2.45, 2.75) is 0 Å². The second kappa shape index (κ2) is 5.51. The van der Waals surface area contributed by atoms with E-state index in [2.05, 4.69) is 11.4 Å². The molecule has 4 nitrogen and oxygen atoms in total. The van der Waals surface area contributed by atoms with Gasteiger partial charge in [0.1, 0.15) is 5.75 Å². The quantitative estimate of drug-likeness (QED) is 0.857. The molecular formula is C17H12N2O2. The van der Waals surface area contributed by atoms with Gasteiger partial charge in [0.2, 0.25) is 0 Å². The largest absolute Gasteiger partial charge is 0.482 e. The van der Waals surface area contributed by atoms with Gasteiger partial charge in [-0.05, 0) is 35.4 Å². The summed E-state index contributed by atoms with van der Waals surface area (Å²) >= 11 is 0. The van der Waals surface area contributed by atoms with Crippen LogP contribution in [0.1, 0.15) is 16.7 Å². The van der Waals surface area contributed by atoms with Crippen LogP contribution in [0, 0.1) is 11.3 Å². The molecule has 21 heavy (non-hydrogen) atoms. The van der Waals surface area contributed by atoms with Crippen LogP contribution in [0.5, 0.6) is 5.75 Å². The van der Waals surface area contributed by atoms with Gasteiger partial charge in [0.05, 0.1) is 17.3 Å². The minimum Gasteiger partial charge on any atom is -0.482 e. The van der Waals surface area contributed by atoms with Crippen molar-refractivity contribution >= 4 is 23.7 Å². The van der Waals surface area contributed by atoms with Crippen molar-refractivity contribution in [3.8, 4) is 11.8 Å². The molecule has 0 unspecified atom stereocenters. The highest BCUT2D eigenvalue weighted by Gasteiger charge is 2.15. The number of fused-ring (bicyclic) bond motifs is 1. The van der Waals surface area contributed by atoms with Crippen LogP contribution in [0.3, 0.4) is 0 Å². The smallest absolute Gasteiger partial charge is 0.262 e. The zero-order valence-corrected chi connectivity index (χ0v) is 11.2. The highest BCUT2D eigenvalue weighted by atomic mass is 16.5. The molecule has 0 aromatic heterocycles. The zero-order chi connectivity index (χ0) is 14.7. The fourth-order valence-corrected chi connectivity index (χ4v) is 2.07. The summed E-state index contributed by atoms with van der Waals surface area (Å²) in [5.41, 5.74) is 3.30. The maximum absolute atomic E-state index is 11.3. The van der Waals surface area contributed by atoms with E-state index in [-0.39, 0.29) is 12.5 Å². The van der Waals surface area contributed by atoms with Gasteiger partial charge in [-0.1, -0.05) is 30.4 Å². The average molecular weight is 276 g/mol. The summed E-state index contributed by atoms with van der Waals surface area (Å²) in [6, 6.07) is 15.1. The minimum atomic E-state index is -0.143. The predicted molar refractivity (Wildman–Crippen MR) is 80.7 cm³/mol. The maximum Gasteiger partial charge on any atom is 0.262 e. The number of amides is 1. The van der Waals surface area contributed by atoms with E-state index in [0.717, 1.165) is 11.1 Å². The summed E-state index contributed by atoms with van der Waals surface area (Å²) < 4.78 is 5.31. The molecule has 1 aliphatic heterocycles. The van der Waals surface area contributed by atoms with Crippen LogP contribution in [0.2, 0.25) is 0 Å². The first kappa shape index (κ1) is 12.9. The molecule has 2 aromatic carbocycles. The van der Waals surface area contributed by atoms with E-state index in [9.17, 15) is 4.79 Å². The number of rotatable bonds is 2. The number of carbonyl (C=O) groups excluding carboxylic acids is 1. The lowest BCUT2D eigenvalue weighted by Gasteiger charge is -2.17. The molecular weight excluding hydrogens is 264 g/mol. The van der Waals surface area contributed by atoms with E-state index in [1.807, 2.05) is 42.5 Å². The summed E-state index contributed by atoms with van der Waals surface area (Å²) in [6.07, 6.45) is 3.90. The minimum absolute atomic E-state index is 0.0629. The molecule has 0 saturated carbocycles. The number of ether oxygens (including phenoxy) is 1. The average Bonchev–Trinajstić information content (AvgIpc) is 2.53. The zero-order valence-electron chi connectivity index (χ0n) is 11.2. The molecule has 4 heteroatoms. The highest BCUT2D eigenvalue weighted by Crippen LogP contribution is 2.29. The Hall–Kier alpha value is -3.06. The van der Waals surface area contributed by atoms with E-state index in [0.29, 0.717) is 17.0 Å². The van der Waals surface area contributed by atoms with Crippen LogP contribution in [0.15, 0.2) is 42.5 Å². The van der Waals surface area contributed by atoms with E-state index in [1.54, 1.807) is 12.1 Å². The predicted octanol–water partition coefficient (Wildman–Crippen LogP) is 3.06. The summed E-state index contributed by atoms with van der Waals surface area (Å²) in [5.74, 6) is 0.542. The second-order valence-electron chi connectivity index (χ2n) is 4.66. The molecule has 1 aliphatic rings. The first-order valence-electron chi connectivity index (χ1n) is 6.49. The number of nitrogens with zero attached hydrogens (tertiary/aromatic N) is 1. The van der Waals surface area contributed by atoms with Gasteiger partial charge in [-0.2, -0.15) is 5.26 Å². The number of hydrogen-bond acceptors (Lipinski definition) is 3. The van der Waals surface area contributed by atoms with Crippen molar-refractivity contribution in [3.63, 3.8) is 0 Å². The molecule has 1 heterocycles. The van der Waals surface area contributed by atoms with Gasteiger partial charge >= 0.3 is 0 Å². The van der Waals surface area contributed by atoms with Gasteiger partial charge in [-0.25, -0.2) is 0 Å². The lowest BCUT2D eigenvalue weighted by atomic mass is 10.1. The summed E-state index contributed by atoms with van der Waals surface area (Å²) in [7, 11) is 0. The van der Waals surface area contributed by atoms with Crippen LogP contribution in [0.4, 0.5) is 5.69 Å². The lowest BCUT2D eigenvalue weighted by molar-refractivity contribution is -0.118. The Morgan fingerprint density at radius 3 is 2.57 bits per heavy atom. The van der Waals surface area contributed by atoms with Gasteiger partial charge in [0, 0.05) is 0 Å². The lowest BCUT2D eigenvalue weighted by Crippen LogP contribution is -2.25. The third-order valence-electron chi connectivity index (χ3n) is 3.14. The fraction of sp³-hybridized carbons (Fsp3) is 0.0588. The normalized spacial score (nSPS) is 13.2. The molecule has 1 amide bonds. The van der Waals surface area contributed by atoms with Crippen molar-refractivity contribution < 1.29 is 9.53 Å². The number of hydrogen-bond donors (Lipinski definition) is 1. The molecule has 0 atom stereocenters. The monoisotopic (exact) mass is 276 g/mol. The Bertz CT molecular complexity index is 755. The van der Waals surface area contributed by atoms with E-state index in [4.69, 9.17) is 10.00 Å². The third kappa shape index (κ3) is 2.93. The molecule has 3 rings (SSSR count). The van der Waals surface area contributed by atoms with Gasteiger partial charge in [0.25, 0.3) is 5.91 Å². The maximum atomic E-state index is 11.3. The van der Waals surface area contributed by atoms with Crippen molar-refractivity contribution in [2.24, 2.45) is 0 Å². The van der Waals surface area contributed by atoms with Gasteiger partial charge in [0.15, 0.2) is 6.61 Å². The second-order valence-corrected chi connectivity index (χ2v) is 4.66. The Morgan fingerprint density at radius 1 is 1.10 bits per heavy atom. The molecule has 0 aliphatic carbocycles. The van der Waals surface area contributed by atoms with E-state index in [1.165, 1.54) is 0 Å². The number of nitrogens with one attached hydrogen (secondary N) is 1. The van der Waals surface area contributed by atoms with E-state index >= 15 is 0 Å². The van der Waals surface area contributed by atoms with Crippen LogP contribution in [-0.2, 0) is 4.79 Å². The molecule has 2 aromatic rings. The van der Waals surface area contributed by atoms with Crippen LogP contribution < -0.4 is 10.1 Å². The van der Waals surface area contributed by atoms with Gasteiger partial charge in [-0.3, -0.25) is 4.79 Å². The molecule has 102 valence electrons. The van der Waals surface area contributed by atoms with Crippen molar-refractivity contribution in [1.29, 1.82) is 5.26 Å². The standard InChI is InChI=1S/C17H12N2O2/c18-10-14-5-2-12(3-6-14)1-4-13-7-8-16-15(9-13)19-17(20)11-21-16/h1-9H,11H2,(H,19,20). The van der Waals surface area contributed by atoms with Crippen molar-refractivity contribution in [2.75, 3.05) is 11.9 Å². The van der Waals surface area contributed by atoms with Gasteiger partial charge < -0.3 is 10.1 Å². The SMILES string of the molecule is N#Cc1ccc(C=Cc2ccc3c(c2)NC(=O)CO3)cc1. The Morgan fingerprint density at radius 2 is 1.81 bits per heavy atom. The highest BCUT2D eigenvalue weighted by molar-refractivity contribution is 5.95.